The first-order valence-electron chi connectivity index (χ1n) is 2.91. The fourth-order valence-corrected chi connectivity index (χ4v) is 1.30. The summed E-state index contributed by atoms with van der Waals surface area (Å²) >= 11 is 5.70. The van der Waals surface area contributed by atoms with Gasteiger partial charge in [-0.15, -0.1) is 0 Å². The smallest absolute Gasteiger partial charge is 0.0504 e. The molecule has 0 N–H and O–H groups in total. The molecule has 0 aliphatic rings. The lowest BCUT2D eigenvalue weighted by Gasteiger charge is -1.98. The van der Waals surface area contributed by atoms with Crippen LogP contribution in [0.5, 0.6) is 0 Å². The molecule has 0 saturated heterocycles. The summed E-state index contributed by atoms with van der Waals surface area (Å²) in [6.45, 7) is 2.07. The van der Waals surface area contributed by atoms with Crippen LogP contribution < -0.4 is 0 Å². The third kappa shape index (κ3) is 1.92. The van der Waals surface area contributed by atoms with Gasteiger partial charge in [0.15, 0.2) is 0 Å². The van der Waals surface area contributed by atoms with Crippen molar-refractivity contribution in [2.75, 3.05) is 0 Å². The monoisotopic (exact) mass is 311 g/mol. The van der Waals surface area contributed by atoms with Crippen molar-refractivity contribution in [3.63, 3.8) is 0 Å². The second-order valence-corrected chi connectivity index (χ2v) is 3.68. The topological polar surface area (TPSA) is 12.9 Å². The van der Waals surface area contributed by atoms with Gasteiger partial charge in [0, 0.05) is 15.1 Å². The Hall–Kier alpha value is 0.360. The third-order valence-corrected chi connectivity index (χ3v) is 2.85. The Morgan fingerprint density at radius 2 is 2.40 bits per heavy atom. The van der Waals surface area contributed by atoms with Gasteiger partial charge < -0.3 is 0 Å². The maximum absolute atomic E-state index is 4.20. The Morgan fingerprint density at radius 1 is 1.70 bits per heavy atom. The first-order valence-corrected chi connectivity index (χ1v) is 5.23. The van der Waals surface area contributed by atoms with E-state index in [9.17, 15) is 0 Å². The molecule has 3 heteroatoms. The van der Waals surface area contributed by atoms with E-state index in [-0.39, 0.29) is 0 Å². The molecule has 1 rings (SSSR count). The maximum atomic E-state index is 4.20. The first kappa shape index (κ1) is 8.46. The molecule has 0 fully saturated rings. The minimum absolute atomic E-state index is 0.978. The number of aromatic nitrogens is 1. The van der Waals surface area contributed by atoms with Crippen LogP contribution in [0.2, 0.25) is 0 Å². The third-order valence-electron chi connectivity index (χ3n) is 1.24. The molecule has 54 valence electrons. The lowest BCUT2D eigenvalue weighted by molar-refractivity contribution is 1.16. The molecule has 0 radical (unpaired) electrons. The summed E-state index contributed by atoms with van der Waals surface area (Å²) in [7, 11) is 0. The number of hydrogen-bond acceptors (Lipinski definition) is 1. The second-order valence-electron chi connectivity index (χ2n) is 2.06. The standard InChI is InChI=1S/C7H7BrIN/c1-5-2-6(3-9)10-4-7(5)8/h2,4H,3H2,1H3. The van der Waals surface area contributed by atoms with Crippen molar-refractivity contribution >= 4 is 38.5 Å². The van der Waals surface area contributed by atoms with E-state index >= 15 is 0 Å². The molecule has 0 bridgehead atoms. The van der Waals surface area contributed by atoms with E-state index in [0.29, 0.717) is 0 Å². The maximum Gasteiger partial charge on any atom is 0.0504 e. The molecule has 1 aromatic rings. The molecule has 0 atom stereocenters. The van der Waals surface area contributed by atoms with Crippen LogP contribution in [0.4, 0.5) is 0 Å². The Morgan fingerprint density at radius 3 is 2.90 bits per heavy atom. The molecule has 0 saturated carbocycles. The Labute approximate surface area is 82.5 Å². The van der Waals surface area contributed by atoms with E-state index in [4.69, 9.17) is 0 Å². The fourth-order valence-electron chi connectivity index (χ4n) is 0.671. The van der Waals surface area contributed by atoms with Gasteiger partial charge in [0.25, 0.3) is 0 Å². The van der Waals surface area contributed by atoms with Crippen molar-refractivity contribution in [3.8, 4) is 0 Å². The van der Waals surface area contributed by atoms with E-state index in [1.165, 1.54) is 5.56 Å². The summed E-state index contributed by atoms with van der Waals surface area (Å²) in [5.74, 6) is 0. The van der Waals surface area contributed by atoms with Crippen LogP contribution in [0.15, 0.2) is 16.7 Å². The quantitative estimate of drug-likeness (QED) is 0.574. The van der Waals surface area contributed by atoms with Gasteiger partial charge in [-0.2, -0.15) is 0 Å². The zero-order valence-corrected chi connectivity index (χ0v) is 9.31. The van der Waals surface area contributed by atoms with E-state index in [1.54, 1.807) is 0 Å². The summed E-state index contributed by atoms with van der Waals surface area (Å²) in [5.41, 5.74) is 2.39. The summed E-state index contributed by atoms with van der Waals surface area (Å²) in [6, 6.07) is 2.09. The highest BCUT2D eigenvalue weighted by Gasteiger charge is 1.95. The van der Waals surface area contributed by atoms with Crippen molar-refractivity contribution in [3.05, 3.63) is 28.0 Å². The van der Waals surface area contributed by atoms with E-state index < -0.39 is 0 Å². The molecule has 0 aromatic carbocycles. The van der Waals surface area contributed by atoms with Gasteiger partial charge in [-0.25, -0.2) is 0 Å². The number of aryl methyl sites for hydroxylation is 1. The van der Waals surface area contributed by atoms with Gasteiger partial charge in [0.2, 0.25) is 0 Å². The highest BCUT2D eigenvalue weighted by Crippen LogP contribution is 2.15. The summed E-state index contributed by atoms with van der Waals surface area (Å²) in [5, 5.41) is 0. The Bertz CT molecular complexity index is 237. The number of pyridine rings is 1. The number of halogens is 2. The van der Waals surface area contributed by atoms with Crippen molar-refractivity contribution in [2.24, 2.45) is 0 Å². The van der Waals surface area contributed by atoms with Gasteiger partial charge in [-0.3, -0.25) is 4.98 Å². The summed E-state index contributed by atoms with van der Waals surface area (Å²) in [6.07, 6.45) is 1.85. The van der Waals surface area contributed by atoms with Crippen molar-refractivity contribution in [1.29, 1.82) is 0 Å². The highest BCUT2D eigenvalue weighted by molar-refractivity contribution is 14.1. The Balaban J connectivity index is 3.04. The van der Waals surface area contributed by atoms with Crippen molar-refractivity contribution < 1.29 is 0 Å². The summed E-state index contributed by atoms with van der Waals surface area (Å²) in [4.78, 5) is 4.20. The van der Waals surface area contributed by atoms with Crippen LogP contribution in [0.1, 0.15) is 11.3 Å². The largest absolute Gasteiger partial charge is 0.259 e. The average molecular weight is 312 g/mol. The van der Waals surface area contributed by atoms with Crippen molar-refractivity contribution in [2.45, 2.75) is 11.4 Å². The van der Waals surface area contributed by atoms with Crippen LogP contribution in [0, 0.1) is 6.92 Å². The average Bonchev–Trinajstić information content (AvgIpc) is 1.95. The zero-order valence-electron chi connectivity index (χ0n) is 5.56. The van der Waals surface area contributed by atoms with Gasteiger partial charge in [-0.1, -0.05) is 22.6 Å². The highest BCUT2D eigenvalue weighted by atomic mass is 127. The SMILES string of the molecule is Cc1cc(CI)ncc1Br. The molecule has 0 aliphatic carbocycles. The lowest BCUT2D eigenvalue weighted by atomic mass is 10.3. The minimum atomic E-state index is 0.978. The minimum Gasteiger partial charge on any atom is -0.259 e. The predicted molar refractivity (Wildman–Crippen MR) is 54.4 cm³/mol. The molecule has 1 heterocycles. The molecule has 0 aliphatic heterocycles. The number of alkyl halides is 1. The van der Waals surface area contributed by atoms with Crippen LogP contribution in [0.3, 0.4) is 0 Å². The molecular weight excluding hydrogens is 305 g/mol. The van der Waals surface area contributed by atoms with E-state index in [2.05, 4.69) is 56.5 Å². The summed E-state index contributed by atoms with van der Waals surface area (Å²) < 4.78 is 2.06. The normalized spacial score (nSPS) is 9.90. The molecule has 0 amide bonds. The first-order chi connectivity index (χ1) is 4.74. The Kier molecular flexibility index (Phi) is 3.10. The molecule has 1 nitrogen and oxygen atoms in total. The lowest BCUT2D eigenvalue weighted by Crippen LogP contribution is -1.85. The van der Waals surface area contributed by atoms with Gasteiger partial charge in [0.05, 0.1) is 5.69 Å². The second kappa shape index (κ2) is 3.67. The zero-order chi connectivity index (χ0) is 7.56. The number of rotatable bonds is 1. The van der Waals surface area contributed by atoms with Crippen LogP contribution in [-0.4, -0.2) is 4.98 Å². The van der Waals surface area contributed by atoms with Gasteiger partial charge in [0.1, 0.15) is 0 Å². The van der Waals surface area contributed by atoms with Crippen LogP contribution >= 0.6 is 38.5 Å². The van der Waals surface area contributed by atoms with Gasteiger partial charge in [-0.05, 0) is 34.5 Å². The number of hydrogen-bond donors (Lipinski definition) is 0. The van der Waals surface area contributed by atoms with Crippen LogP contribution in [-0.2, 0) is 4.43 Å². The van der Waals surface area contributed by atoms with Crippen LogP contribution in [0.25, 0.3) is 0 Å². The predicted octanol–water partition coefficient (Wildman–Crippen LogP) is 3.09. The van der Waals surface area contributed by atoms with E-state index in [1.807, 2.05) is 6.20 Å². The number of nitrogens with zero attached hydrogens (tertiary/aromatic N) is 1. The molecule has 0 unspecified atom stereocenters. The molecular formula is C7H7BrIN. The van der Waals surface area contributed by atoms with Crippen molar-refractivity contribution in [1.82, 2.24) is 4.98 Å². The fraction of sp³-hybridized carbons (Fsp3) is 0.286. The molecule has 1 aromatic heterocycles. The van der Waals surface area contributed by atoms with E-state index in [0.717, 1.165) is 14.6 Å². The molecule has 10 heavy (non-hydrogen) atoms. The van der Waals surface area contributed by atoms with Gasteiger partial charge >= 0.3 is 0 Å². The molecule has 0 spiro atoms.